The largest absolute Gasteiger partial charge is 0.368 e. The van der Waals surface area contributed by atoms with Gasteiger partial charge in [-0.25, -0.2) is 9.18 Å². The Labute approximate surface area is 145 Å². The molecule has 0 aliphatic carbocycles. The summed E-state index contributed by atoms with van der Waals surface area (Å²) in [7, 11) is 0. The van der Waals surface area contributed by atoms with E-state index in [4.69, 9.17) is 0 Å². The monoisotopic (exact) mass is 345 g/mol. The van der Waals surface area contributed by atoms with Gasteiger partial charge in [-0.2, -0.15) is 0 Å². The van der Waals surface area contributed by atoms with Crippen LogP contribution in [0.1, 0.15) is 0 Å². The van der Waals surface area contributed by atoms with Gasteiger partial charge in [-0.05, 0) is 42.7 Å². The number of urea groups is 1. The molecule has 4 nitrogen and oxygen atoms in total. The standard InChI is InChI=1S/C18H20FN3OS/c1-24-17-5-3-2-4-16(17)20-18(23)22-12-10-21(11-13-22)15-8-6-14(19)7-9-15/h2-9H,10-13H2,1H3,(H,20,23). The highest BCUT2D eigenvalue weighted by molar-refractivity contribution is 7.98. The van der Waals surface area contributed by atoms with E-state index >= 15 is 0 Å². The third-order valence-electron chi connectivity index (χ3n) is 4.11. The van der Waals surface area contributed by atoms with Crippen molar-refractivity contribution in [2.75, 3.05) is 42.7 Å². The Balaban J connectivity index is 1.58. The zero-order chi connectivity index (χ0) is 16.9. The second-order valence-electron chi connectivity index (χ2n) is 5.58. The van der Waals surface area contributed by atoms with Crippen LogP contribution in [0.4, 0.5) is 20.6 Å². The van der Waals surface area contributed by atoms with E-state index in [0.29, 0.717) is 13.1 Å². The summed E-state index contributed by atoms with van der Waals surface area (Å²) >= 11 is 1.61. The number of halogens is 1. The van der Waals surface area contributed by atoms with Gasteiger partial charge in [-0.15, -0.1) is 11.8 Å². The quantitative estimate of drug-likeness (QED) is 0.857. The Morgan fingerprint density at radius 2 is 1.71 bits per heavy atom. The van der Waals surface area contributed by atoms with Crippen LogP contribution in [0.25, 0.3) is 0 Å². The van der Waals surface area contributed by atoms with Gasteiger partial charge in [0.05, 0.1) is 5.69 Å². The molecule has 2 aromatic carbocycles. The fourth-order valence-corrected chi connectivity index (χ4v) is 3.32. The maximum Gasteiger partial charge on any atom is 0.321 e. The summed E-state index contributed by atoms with van der Waals surface area (Å²) in [5.74, 6) is -0.232. The number of carbonyl (C=O) groups is 1. The van der Waals surface area contributed by atoms with Crippen LogP contribution < -0.4 is 10.2 Å². The van der Waals surface area contributed by atoms with Gasteiger partial charge in [0.2, 0.25) is 0 Å². The summed E-state index contributed by atoms with van der Waals surface area (Å²) in [6, 6.07) is 14.2. The lowest BCUT2D eigenvalue weighted by Crippen LogP contribution is -2.50. The summed E-state index contributed by atoms with van der Waals surface area (Å²) in [5, 5.41) is 2.99. The van der Waals surface area contributed by atoms with E-state index in [1.165, 1.54) is 12.1 Å². The summed E-state index contributed by atoms with van der Waals surface area (Å²) in [4.78, 5) is 17.5. The molecule has 126 valence electrons. The van der Waals surface area contributed by atoms with Crippen LogP contribution in [0.5, 0.6) is 0 Å². The molecule has 0 unspecified atom stereocenters. The van der Waals surface area contributed by atoms with Crippen molar-refractivity contribution in [3.63, 3.8) is 0 Å². The molecule has 0 saturated carbocycles. The molecule has 6 heteroatoms. The third-order valence-corrected chi connectivity index (χ3v) is 4.90. The number of thioether (sulfide) groups is 1. The molecule has 24 heavy (non-hydrogen) atoms. The molecule has 0 atom stereocenters. The second kappa shape index (κ2) is 7.57. The van der Waals surface area contributed by atoms with Gasteiger partial charge in [0.25, 0.3) is 0 Å². The molecule has 1 saturated heterocycles. The molecule has 1 N–H and O–H groups in total. The molecule has 0 aromatic heterocycles. The van der Waals surface area contributed by atoms with Gasteiger partial charge >= 0.3 is 6.03 Å². The van der Waals surface area contributed by atoms with Crippen molar-refractivity contribution in [2.45, 2.75) is 4.90 Å². The highest BCUT2D eigenvalue weighted by Gasteiger charge is 2.21. The van der Waals surface area contributed by atoms with Crippen LogP contribution >= 0.6 is 11.8 Å². The van der Waals surface area contributed by atoms with Crippen molar-refractivity contribution in [3.05, 3.63) is 54.3 Å². The van der Waals surface area contributed by atoms with Gasteiger partial charge < -0.3 is 15.1 Å². The number of benzene rings is 2. The van der Waals surface area contributed by atoms with Gasteiger partial charge in [0.15, 0.2) is 0 Å². The molecule has 0 radical (unpaired) electrons. The molecule has 1 heterocycles. The first kappa shape index (κ1) is 16.6. The topological polar surface area (TPSA) is 35.6 Å². The summed E-state index contributed by atoms with van der Waals surface area (Å²) in [5.41, 5.74) is 1.83. The van der Waals surface area contributed by atoms with E-state index in [0.717, 1.165) is 29.4 Å². The number of rotatable bonds is 3. The average Bonchev–Trinajstić information content (AvgIpc) is 2.63. The van der Waals surface area contributed by atoms with Gasteiger partial charge in [-0.3, -0.25) is 0 Å². The highest BCUT2D eigenvalue weighted by Crippen LogP contribution is 2.25. The van der Waals surface area contributed by atoms with E-state index in [1.54, 1.807) is 23.9 Å². The first-order valence-electron chi connectivity index (χ1n) is 7.87. The Kier molecular flexibility index (Phi) is 5.25. The summed E-state index contributed by atoms with van der Waals surface area (Å²) in [6.45, 7) is 2.77. The number of hydrogen-bond donors (Lipinski definition) is 1. The minimum atomic E-state index is -0.232. The minimum absolute atomic E-state index is 0.0738. The van der Waals surface area contributed by atoms with Crippen molar-refractivity contribution in [2.24, 2.45) is 0 Å². The first-order valence-corrected chi connectivity index (χ1v) is 9.09. The third kappa shape index (κ3) is 3.82. The van der Waals surface area contributed by atoms with Crippen molar-refractivity contribution in [3.8, 4) is 0 Å². The SMILES string of the molecule is CSc1ccccc1NC(=O)N1CCN(c2ccc(F)cc2)CC1. The van der Waals surface area contributed by atoms with Crippen molar-refractivity contribution >= 4 is 29.2 Å². The number of hydrogen-bond acceptors (Lipinski definition) is 3. The summed E-state index contributed by atoms with van der Waals surface area (Å²) in [6.07, 6.45) is 1.99. The molecule has 1 aliphatic rings. The minimum Gasteiger partial charge on any atom is -0.368 e. The van der Waals surface area contributed by atoms with Crippen LogP contribution in [0.15, 0.2) is 53.4 Å². The smallest absolute Gasteiger partial charge is 0.321 e. The fourth-order valence-electron chi connectivity index (χ4n) is 2.76. The number of anilines is 2. The Morgan fingerprint density at radius 3 is 2.38 bits per heavy atom. The van der Waals surface area contributed by atoms with E-state index in [1.807, 2.05) is 35.4 Å². The van der Waals surface area contributed by atoms with Gasteiger partial charge in [0.1, 0.15) is 5.82 Å². The molecular weight excluding hydrogens is 325 g/mol. The summed E-state index contributed by atoms with van der Waals surface area (Å²) < 4.78 is 13.0. The second-order valence-corrected chi connectivity index (χ2v) is 6.43. The maximum atomic E-state index is 13.0. The number of nitrogens with zero attached hydrogens (tertiary/aromatic N) is 2. The zero-order valence-corrected chi connectivity index (χ0v) is 14.4. The van der Waals surface area contributed by atoms with Crippen molar-refractivity contribution in [1.29, 1.82) is 0 Å². The molecular formula is C18H20FN3OS. The molecule has 2 aromatic rings. The lowest BCUT2D eigenvalue weighted by Gasteiger charge is -2.36. The predicted octanol–water partition coefficient (Wildman–Crippen LogP) is 3.90. The van der Waals surface area contributed by atoms with Crippen LogP contribution in [0, 0.1) is 5.82 Å². The van der Waals surface area contributed by atoms with Crippen molar-refractivity contribution in [1.82, 2.24) is 4.90 Å². The fraction of sp³-hybridized carbons (Fsp3) is 0.278. The van der Waals surface area contributed by atoms with Gasteiger partial charge in [-0.1, -0.05) is 12.1 Å². The molecule has 2 amide bonds. The number of nitrogens with one attached hydrogen (secondary N) is 1. The Hall–Kier alpha value is -2.21. The average molecular weight is 345 g/mol. The molecule has 0 spiro atoms. The number of para-hydroxylation sites is 1. The van der Waals surface area contributed by atoms with E-state index in [2.05, 4.69) is 10.2 Å². The lowest BCUT2D eigenvalue weighted by atomic mass is 10.2. The molecule has 0 bridgehead atoms. The van der Waals surface area contributed by atoms with E-state index < -0.39 is 0 Å². The van der Waals surface area contributed by atoms with E-state index in [-0.39, 0.29) is 11.8 Å². The molecule has 1 aliphatic heterocycles. The van der Waals surface area contributed by atoms with E-state index in [9.17, 15) is 9.18 Å². The Morgan fingerprint density at radius 1 is 1.04 bits per heavy atom. The first-order chi connectivity index (χ1) is 11.7. The Bertz CT molecular complexity index is 700. The number of piperazine rings is 1. The number of amides is 2. The predicted molar refractivity (Wildman–Crippen MR) is 97.4 cm³/mol. The van der Waals surface area contributed by atoms with Crippen LogP contribution in [-0.2, 0) is 0 Å². The zero-order valence-electron chi connectivity index (χ0n) is 13.5. The normalized spacial score (nSPS) is 14.6. The lowest BCUT2D eigenvalue weighted by molar-refractivity contribution is 0.208. The van der Waals surface area contributed by atoms with Crippen LogP contribution in [0.2, 0.25) is 0 Å². The van der Waals surface area contributed by atoms with Crippen LogP contribution in [-0.4, -0.2) is 43.4 Å². The van der Waals surface area contributed by atoms with Crippen LogP contribution in [0.3, 0.4) is 0 Å². The highest BCUT2D eigenvalue weighted by atomic mass is 32.2. The molecule has 1 fully saturated rings. The molecule has 3 rings (SSSR count). The van der Waals surface area contributed by atoms with Crippen molar-refractivity contribution < 1.29 is 9.18 Å². The maximum absolute atomic E-state index is 13.0. The number of carbonyl (C=O) groups excluding carboxylic acids is 1. The van der Waals surface area contributed by atoms with Gasteiger partial charge in [0, 0.05) is 36.8 Å².